The number of piperazine rings is 1. The van der Waals surface area contributed by atoms with E-state index >= 15 is 0 Å². The van der Waals surface area contributed by atoms with Crippen molar-refractivity contribution in [3.05, 3.63) is 24.2 Å². The highest BCUT2D eigenvalue weighted by Crippen LogP contribution is 2.31. The van der Waals surface area contributed by atoms with Crippen LogP contribution in [-0.4, -0.2) is 71.8 Å². The summed E-state index contributed by atoms with van der Waals surface area (Å²) in [6, 6.07) is 4.26. The van der Waals surface area contributed by atoms with Crippen LogP contribution in [0.5, 0.6) is 0 Å². The second-order valence-electron chi connectivity index (χ2n) is 7.56. The number of carbonyl (C=O) groups excluding carboxylic acids is 2. The minimum absolute atomic E-state index is 0.0791. The lowest BCUT2D eigenvalue weighted by molar-refractivity contribution is -0.134. The highest BCUT2D eigenvalue weighted by atomic mass is 16.3. The average molecular weight is 345 g/mol. The van der Waals surface area contributed by atoms with E-state index in [0.717, 1.165) is 32.0 Å². The first-order valence-corrected chi connectivity index (χ1v) is 9.55. The summed E-state index contributed by atoms with van der Waals surface area (Å²) in [5.74, 6) is 1.09. The van der Waals surface area contributed by atoms with Gasteiger partial charge in [-0.1, -0.05) is 0 Å². The van der Waals surface area contributed by atoms with Crippen LogP contribution in [0.25, 0.3) is 0 Å². The Bertz CT molecular complexity index is 595. The van der Waals surface area contributed by atoms with Gasteiger partial charge in [-0.05, 0) is 56.8 Å². The minimum Gasteiger partial charge on any atom is -0.459 e. The largest absolute Gasteiger partial charge is 0.459 e. The molecule has 1 aliphatic carbocycles. The zero-order chi connectivity index (χ0) is 17.2. The Kier molecular flexibility index (Phi) is 4.79. The molecule has 2 saturated heterocycles. The summed E-state index contributed by atoms with van der Waals surface area (Å²) in [5, 5.41) is 0. The Morgan fingerprint density at radius 3 is 2.24 bits per heavy atom. The van der Waals surface area contributed by atoms with Crippen molar-refractivity contribution >= 4 is 11.8 Å². The van der Waals surface area contributed by atoms with Crippen molar-refractivity contribution in [2.45, 2.75) is 38.1 Å². The fourth-order valence-electron chi connectivity index (χ4n) is 4.05. The molecular weight excluding hydrogens is 318 g/mol. The lowest BCUT2D eigenvalue weighted by atomic mass is 9.92. The van der Waals surface area contributed by atoms with Gasteiger partial charge in [0.15, 0.2) is 5.76 Å². The van der Waals surface area contributed by atoms with Gasteiger partial charge in [-0.25, -0.2) is 0 Å². The van der Waals surface area contributed by atoms with Crippen molar-refractivity contribution in [3.63, 3.8) is 0 Å². The van der Waals surface area contributed by atoms with Gasteiger partial charge in [0.2, 0.25) is 5.91 Å². The van der Waals surface area contributed by atoms with Crippen LogP contribution in [-0.2, 0) is 4.79 Å². The molecule has 0 unspecified atom stereocenters. The number of nitrogens with zero attached hydrogens (tertiary/aromatic N) is 3. The lowest BCUT2D eigenvalue weighted by Gasteiger charge is -2.36. The summed E-state index contributed by atoms with van der Waals surface area (Å²) in [7, 11) is 0. The zero-order valence-electron chi connectivity index (χ0n) is 14.7. The van der Waals surface area contributed by atoms with Crippen LogP contribution in [0.1, 0.15) is 42.7 Å². The smallest absolute Gasteiger partial charge is 0.289 e. The third-order valence-corrected chi connectivity index (χ3v) is 5.83. The number of furan rings is 1. The van der Waals surface area contributed by atoms with Crippen LogP contribution >= 0.6 is 0 Å². The van der Waals surface area contributed by atoms with Crippen LogP contribution in [0.3, 0.4) is 0 Å². The Morgan fingerprint density at radius 2 is 1.64 bits per heavy atom. The molecule has 3 fully saturated rings. The topological polar surface area (TPSA) is 57.0 Å². The molecule has 1 saturated carbocycles. The Balaban J connectivity index is 1.21. The van der Waals surface area contributed by atoms with Gasteiger partial charge in [-0.2, -0.15) is 0 Å². The standard InChI is InChI=1S/C19H27N3O3/c23-18(14-15-5-7-20(8-6-15)16-3-4-16)21-9-11-22(12-10-21)19(24)17-2-1-13-25-17/h1-2,13,15-16H,3-12,14H2. The average Bonchev–Trinajstić information content (AvgIpc) is 3.36. The third-order valence-electron chi connectivity index (χ3n) is 5.83. The molecule has 0 aromatic carbocycles. The third kappa shape index (κ3) is 3.89. The van der Waals surface area contributed by atoms with E-state index in [4.69, 9.17) is 4.42 Å². The van der Waals surface area contributed by atoms with Crippen LogP contribution in [0, 0.1) is 5.92 Å². The molecule has 0 spiro atoms. The second-order valence-corrected chi connectivity index (χ2v) is 7.56. The van der Waals surface area contributed by atoms with E-state index in [1.165, 1.54) is 19.1 Å². The predicted molar refractivity (Wildman–Crippen MR) is 93.1 cm³/mol. The van der Waals surface area contributed by atoms with Crippen molar-refractivity contribution in [1.29, 1.82) is 0 Å². The Hall–Kier alpha value is -1.82. The molecule has 25 heavy (non-hydrogen) atoms. The van der Waals surface area contributed by atoms with Gasteiger partial charge >= 0.3 is 0 Å². The molecule has 0 N–H and O–H groups in total. The monoisotopic (exact) mass is 345 g/mol. The fourth-order valence-corrected chi connectivity index (χ4v) is 4.05. The van der Waals surface area contributed by atoms with E-state index in [1.54, 1.807) is 17.0 Å². The van der Waals surface area contributed by atoms with E-state index in [1.807, 2.05) is 4.90 Å². The van der Waals surface area contributed by atoms with Crippen molar-refractivity contribution < 1.29 is 14.0 Å². The van der Waals surface area contributed by atoms with Gasteiger partial charge in [0.1, 0.15) is 0 Å². The summed E-state index contributed by atoms with van der Waals surface area (Å²) < 4.78 is 5.18. The highest BCUT2D eigenvalue weighted by Gasteiger charge is 2.33. The van der Waals surface area contributed by atoms with E-state index in [-0.39, 0.29) is 11.8 Å². The number of piperidine rings is 1. The van der Waals surface area contributed by atoms with E-state index in [0.29, 0.717) is 44.3 Å². The summed E-state index contributed by atoms with van der Waals surface area (Å²) in [6.07, 6.45) is 7.22. The maximum atomic E-state index is 12.6. The lowest BCUT2D eigenvalue weighted by Crippen LogP contribution is -2.51. The normalized spacial score (nSPS) is 23.0. The number of carbonyl (C=O) groups is 2. The van der Waals surface area contributed by atoms with Gasteiger partial charge in [0.25, 0.3) is 5.91 Å². The Labute approximate surface area is 148 Å². The predicted octanol–water partition coefficient (Wildman–Crippen LogP) is 1.83. The molecule has 4 rings (SSSR count). The molecule has 3 heterocycles. The molecule has 1 aromatic heterocycles. The number of hydrogen-bond acceptors (Lipinski definition) is 4. The molecule has 6 heteroatoms. The van der Waals surface area contributed by atoms with Crippen molar-refractivity contribution in [2.75, 3.05) is 39.3 Å². The first-order valence-electron chi connectivity index (χ1n) is 9.55. The fraction of sp³-hybridized carbons (Fsp3) is 0.684. The summed E-state index contributed by atoms with van der Waals surface area (Å²) >= 11 is 0. The van der Waals surface area contributed by atoms with Gasteiger partial charge < -0.3 is 19.1 Å². The molecule has 0 bridgehead atoms. The van der Waals surface area contributed by atoms with Gasteiger partial charge in [-0.3, -0.25) is 9.59 Å². The maximum Gasteiger partial charge on any atom is 0.289 e. The van der Waals surface area contributed by atoms with Crippen molar-refractivity contribution in [3.8, 4) is 0 Å². The minimum atomic E-state index is -0.0791. The Morgan fingerprint density at radius 1 is 0.960 bits per heavy atom. The second kappa shape index (κ2) is 7.20. The SMILES string of the molecule is O=C(CC1CCN(C2CC2)CC1)N1CCN(C(=O)c2ccco2)CC1. The van der Waals surface area contributed by atoms with E-state index in [2.05, 4.69) is 4.90 Å². The van der Waals surface area contributed by atoms with Crippen LogP contribution in [0.15, 0.2) is 22.8 Å². The first kappa shape index (κ1) is 16.6. The zero-order valence-corrected chi connectivity index (χ0v) is 14.7. The molecule has 2 amide bonds. The van der Waals surface area contributed by atoms with Crippen LogP contribution in [0.2, 0.25) is 0 Å². The van der Waals surface area contributed by atoms with E-state index < -0.39 is 0 Å². The summed E-state index contributed by atoms with van der Waals surface area (Å²) in [6.45, 7) is 4.76. The maximum absolute atomic E-state index is 12.6. The van der Waals surface area contributed by atoms with Crippen molar-refractivity contribution in [1.82, 2.24) is 14.7 Å². The highest BCUT2D eigenvalue weighted by molar-refractivity contribution is 5.91. The molecule has 2 aliphatic heterocycles. The molecule has 1 aromatic rings. The summed E-state index contributed by atoms with van der Waals surface area (Å²) in [4.78, 5) is 31.2. The number of rotatable bonds is 4. The number of hydrogen-bond donors (Lipinski definition) is 0. The molecular formula is C19H27N3O3. The molecule has 6 nitrogen and oxygen atoms in total. The first-order chi connectivity index (χ1) is 12.2. The molecule has 0 atom stereocenters. The van der Waals surface area contributed by atoms with Crippen molar-refractivity contribution in [2.24, 2.45) is 5.92 Å². The van der Waals surface area contributed by atoms with Gasteiger partial charge in [-0.15, -0.1) is 0 Å². The number of likely N-dealkylation sites (tertiary alicyclic amines) is 1. The molecule has 3 aliphatic rings. The quantitative estimate of drug-likeness (QED) is 0.835. The summed E-state index contributed by atoms with van der Waals surface area (Å²) in [5.41, 5.74) is 0. The van der Waals surface area contributed by atoms with Crippen LogP contribution < -0.4 is 0 Å². The van der Waals surface area contributed by atoms with Gasteiger partial charge in [0.05, 0.1) is 6.26 Å². The molecule has 0 radical (unpaired) electrons. The number of amides is 2. The van der Waals surface area contributed by atoms with Gasteiger partial charge in [0, 0.05) is 38.6 Å². The van der Waals surface area contributed by atoms with E-state index in [9.17, 15) is 9.59 Å². The molecule has 136 valence electrons. The van der Waals surface area contributed by atoms with Crippen LogP contribution in [0.4, 0.5) is 0 Å².